The van der Waals surface area contributed by atoms with Gasteiger partial charge in [-0.2, -0.15) is 0 Å². The Hall–Kier alpha value is 0.110. The van der Waals surface area contributed by atoms with E-state index in [1.807, 2.05) is 0 Å². The molecule has 0 amide bonds. The summed E-state index contributed by atoms with van der Waals surface area (Å²) < 4.78 is 12.5. The van der Waals surface area contributed by atoms with Crippen LogP contribution < -0.4 is 0 Å². The average Bonchev–Trinajstić information content (AvgIpc) is 2.24. The Balaban J connectivity index is 4.94. The average molecular weight is 224 g/mol. The third-order valence-corrected chi connectivity index (χ3v) is 7.48. The van der Waals surface area contributed by atoms with Gasteiger partial charge in [0.15, 0.2) is 0 Å². The van der Waals surface area contributed by atoms with E-state index in [4.69, 9.17) is 15.3 Å². The normalized spacial score (nSPS) is 22.4. The van der Waals surface area contributed by atoms with Crippen molar-refractivity contribution < 1.29 is 19.9 Å². The molecule has 14 heavy (non-hydrogen) atoms. The van der Waals surface area contributed by atoms with Crippen LogP contribution in [0.15, 0.2) is 0 Å². The quantitative estimate of drug-likeness (QED) is 0.574. The molecule has 0 aromatic carbocycles. The first-order chi connectivity index (χ1) is 6.44. The van der Waals surface area contributed by atoms with Gasteiger partial charge >= 0.3 is 0 Å². The summed E-state index contributed by atoms with van der Waals surface area (Å²) in [4.78, 5) is 0. The Morgan fingerprint density at radius 2 is 1.07 bits per heavy atom. The molecule has 0 saturated heterocycles. The molecule has 0 aromatic heterocycles. The van der Waals surface area contributed by atoms with Gasteiger partial charge in [-0.3, -0.25) is 0 Å². The highest BCUT2D eigenvalue weighted by Crippen LogP contribution is 2.58. The molecular formula is C9H21O4P. The second-order valence-corrected chi connectivity index (χ2v) is 8.03. The van der Waals surface area contributed by atoms with E-state index < -0.39 is 7.14 Å². The van der Waals surface area contributed by atoms with E-state index in [1.54, 1.807) is 20.8 Å². The summed E-state index contributed by atoms with van der Waals surface area (Å²) in [6, 6.07) is 0. The van der Waals surface area contributed by atoms with Crippen LogP contribution in [0.5, 0.6) is 0 Å². The van der Waals surface area contributed by atoms with Gasteiger partial charge in [-0.05, 0) is 0 Å². The molecule has 0 heterocycles. The lowest BCUT2D eigenvalue weighted by Crippen LogP contribution is -2.28. The van der Waals surface area contributed by atoms with Crippen LogP contribution in [0.25, 0.3) is 0 Å². The van der Waals surface area contributed by atoms with Crippen molar-refractivity contribution >= 4 is 7.14 Å². The van der Waals surface area contributed by atoms with Crippen LogP contribution in [0.4, 0.5) is 0 Å². The van der Waals surface area contributed by atoms with E-state index in [9.17, 15) is 4.57 Å². The molecule has 86 valence electrons. The summed E-state index contributed by atoms with van der Waals surface area (Å²) in [5, 5.41) is 27.1. The van der Waals surface area contributed by atoms with Gasteiger partial charge in [-0.1, -0.05) is 20.8 Å². The minimum absolute atomic E-state index is 0.175. The summed E-state index contributed by atoms with van der Waals surface area (Å²) >= 11 is 0. The van der Waals surface area contributed by atoms with Gasteiger partial charge in [0, 0.05) is 17.0 Å². The van der Waals surface area contributed by atoms with E-state index in [0.717, 1.165) is 0 Å². The lowest BCUT2D eigenvalue weighted by molar-refractivity contribution is 0.270. The maximum atomic E-state index is 12.5. The zero-order chi connectivity index (χ0) is 11.4. The fourth-order valence-electron chi connectivity index (χ4n) is 1.69. The Morgan fingerprint density at radius 1 is 0.857 bits per heavy atom. The van der Waals surface area contributed by atoms with Crippen molar-refractivity contribution in [3.63, 3.8) is 0 Å². The third-order valence-electron chi connectivity index (χ3n) is 2.86. The van der Waals surface area contributed by atoms with Crippen LogP contribution in [0, 0.1) is 0 Å². The van der Waals surface area contributed by atoms with Gasteiger partial charge in [-0.15, -0.1) is 0 Å². The van der Waals surface area contributed by atoms with Crippen molar-refractivity contribution in [2.45, 2.75) is 37.7 Å². The van der Waals surface area contributed by atoms with Crippen LogP contribution >= 0.6 is 7.14 Å². The second-order valence-electron chi connectivity index (χ2n) is 3.86. The molecule has 0 rings (SSSR count). The molecule has 0 saturated carbocycles. The van der Waals surface area contributed by atoms with Crippen molar-refractivity contribution in [3.8, 4) is 0 Å². The van der Waals surface area contributed by atoms with Crippen LogP contribution in [0.1, 0.15) is 20.8 Å². The molecule has 3 atom stereocenters. The molecule has 0 radical (unpaired) electrons. The van der Waals surface area contributed by atoms with E-state index in [-0.39, 0.29) is 36.8 Å². The Labute approximate surface area is 85.3 Å². The maximum Gasteiger partial charge on any atom is 0.102 e. The van der Waals surface area contributed by atoms with Gasteiger partial charge < -0.3 is 19.9 Å². The highest BCUT2D eigenvalue weighted by molar-refractivity contribution is 7.66. The number of hydrogen-bond acceptors (Lipinski definition) is 4. The van der Waals surface area contributed by atoms with E-state index in [0.29, 0.717) is 0 Å². The van der Waals surface area contributed by atoms with Gasteiger partial charge in [0.1, 0.15) is 7.14 Å². The highest BCUT2D eigenvalue weighted by Gasteiger charge is 2.39. The number of aliphatic hydroxyl groups excluding tert-OH is 3. The number of aliphatic hydroxyl groups is 3. The fourth-order valence-corrected chi connectivity index (χ4v) is 5.06. The van der Waals surface area contributed by atoms with E-state index in [2.05, 4.69) is 0 Å². The minimum atomic E-state index is -2.74. The third kappa shape index (κ3) is 2.57. The maximum absolute atomic E-state index is 12.5. The monoisotopic (exact) mass is 224 g/mol. The Morgan fingerprint density at radius 3 is 1.21 bits per heavy atom. The topological polar surface area (TPSA) is 77.8 Å². The molecule has 5 heteroatoms. The first kappa shape index (κ1) is 14.1. The second kappa shape index (κ2) is 5.86. The zero-order valence-electron chi connectivity index (χ0n) is 9.05. The van der Waals surface area contributed by atoms with E-state index in [1.165, 1.54) is 0 Å². The smallest absolute Gasteiger partial charge is 0.102 e. The SMILES string of the molecule is CC(CO)P(=O)(C(C)CO)C(C)CO. The lowest BCUT2D eigenvalue weighted by Gasteiger charge is -2.32. The zero-order valence-corrected chi connectivity index (χ0v) is 9.94. The van der Waals surface area contributed by atoms with Gasteiger partial charge in [0.25, 0.3) is 0 Å². The predicted octanol–water partition coefficient (Wildman–Crippen LogP) is 0.492. The molecule has 0 spiro atoms. The lowest BCUT2D eigenvalue weighted by atomic mass is 10.5. The van der Waals surface area contributed by atoms with Crippen LogP contribution in [-0.2, 0) is 4.57 Å². The minimum Gasteiger partial charge on any atom is -0.396 e. The highest BCUT2D eigenvalue weighted by atomic mass is 31.2. The van der Waals surface area contributed by atoms with Gasteiger partial charge in [0.05, 0.1) is 19.8 Å². The van der Waals surface area contributed by atoms with Crippen LogP contribution in [-0.4, -0.2) is 52.1 Å². The first-order valence-electron chi connectivity index (χ1n) is 4.86. The Bertz CT molecular complexity index is 174. The molecule has 0 aliphatic carbocycles. The molecular weight excluding hydrogens is 203 g/mol. The fraction of sp³-hybridized carbons (Fsp3) is 1.00. The van der Waals surface area contributed by atoms with E-state index >= 15 is 0 Å². The summed E-state index contributed by atoms with van der Waals surface area (Å²) in [5.41, 5.74) is -1.11. The van der Waals surface area contributed by atoms with Gasteiger partial charge in [0.2, 0.25) is 0 Å². The summed E-state index contributed by atoms with van der Waals surface area (Å²) in [7, 11) is -2.74. The van der Waals surface area contributed by atoms with Crippen molar-refractivity contribution in [2.24, 2.45) is 0 Å². The molecule has 3 unspecified atom stereocenters. The summed E-state index contributed by atoms with van der Waals surface area (Å²) in [6.07, 6.45) is 0. The van der Waals surface area contributed by atoms with Crippen molar-refractivity contribution in [2.75, 3.05) is 19.8 Å². The molecule has 3 N–H and O–H groups in total. The standard InChI is InChI=1S/C9H21O4P/c1-7(4-10)14(13,8(2)5-11)9(3)6-12/h7-12H,4-6H2,1-3H3. The van der Waals surface area contributed by atoms with Gasteiger partial charge in [-0.25, -0.2) is 0 Å². The molecule has 0 bridgehead atoms. The first-order valence-corrected chi connectivity index (χ1v) is 6.78. The van der Waals surface area contributed by atoms with Crippen LogP contribution in [0.2, 0.25) is 0 Å². The largest absolute Gasteiger partial charge is 0.396 e. The molecule has 0 aliphatic heterocycles. The van der Waals surface area contributed by atoms with Crippen molar-refractivity contribution in [1.29, 1.82) is 0 Å². The predicted molar refractivity (Wildman–Crippen MR) is 57.2 cm³/mol. The number of rotatable bonds is 6. The summed E-state index contributed by atoms with van der Waals surface area (Å²) in [6.45, 7) is 4.56. The number of hydrogen-bond donors (Lipinski definition) is 3. The molecule has 0 aliphatic rings. The Kier molecular flexibility index (Phi) is 5.91. The van der Waals surface area contributed by atoms with Crippen molar-refractivity contribution in [3.05, 3.63) is 0 Å². The molecule has 0 fully saturated rings. The summed E-state index contributed by atoms with van der Waals surface area (Å²) in [5.74, 6) is 0. The molecule has 0 aromatic rings. The van der Waals surface area contributed by atoms with Crippen LogP contribution in [0.3, 0.4) is 0 Å². The molecule has 4 nitrogen and oxygen atoms in total. The van der Waals surface area contributed by atoms with Crippen molar-refractivity contribution in [1.82, 2.24) is 0 Å².